The molecule has 98 valence electrons. The first kappa shape index (κ1) is 11.8. The Morgan fingerprint density at radius 1 is 1.44 bits per heavy atom. The minimum absolute atomic E-state index is 0.0716. The molecule has 1 aromatic rings. The summed E-state index contributed by atoms with van der Waals surface area (Å²) in [5.74, 6) is 0.461. The molecule has 2 aliphatic rings. The first-order chi connectivity index (χ1) is 8.68. The zero-order valence-electron chi connectivity index (χ0n) is 10.4. The van der Waals surface area contributed by atoms with E-state index in [4.69, 9.17) is 16.3 Å². The molecule has 0 aliphatic carbocycles. The molecule has 1 unspecified atom stereocenters. The maximum Gasteiger partial charge on any atom is 0.276 e. The molecule has 6 heteroatoms. The molecule has 0 radical (unpaired) electrons. The second-order valence-electron chi connectivity index (χ2n) is 4.88. The smallest absolute Gasteiger partial charge is 0.276 e. The summed E-state index contributed by atoms with van der Waals surface area (Å²) in [6.45, 7) is 4.11. The van der Waals surface area contributed by atoms with Gasteiger partial charge in [0.15, 0.2) is 5.69 Å². The second kappa shape index (κ2) is 4.46. The third kappa shape index (κ3) is 1.77. The van der Waals surface area contributed by atoms with Crippen LogP contribution in [0, 0.1) is 0 Å². The molecule has 0 N–H and O–H groups in total. The van der Waals surface area contributed by atoms with Crippen molar-refractivity contribution in [3.63, 3.8) is 0 Å². The van der Waals surface area contributed by atoms with Crippen molar-refractivity contribution in [3.8, 4) is 5.88 Å². The molecule has 0 aromatic carbocycles. The molecule has 1 atom stereocenters. The van der Waals surface area contributed by atoms with E-state index in [1.54, 1.807) is 4.68 Å². The Morgan fingerprint density at radius 3 is 3.00 bits per heavy atom. The van der Waals surface area contributed by atoms with Gasteiger partial charge in [0.2, 0.25) is 5.88 Å². The highest BCUT2D eigenvalue weighted by molar-refractivity contribution is 6.34. The Kier molecular flexibility index (Phi) is 2.93. The van der Waals surface area contributed by atoms with E-state index in [9.17, 15) is 4.79 Å². The van der Waals surface area contributed by atoms with Crippen molar-refractivity contribution < 1.29 is 9.53 Å². The largest absolute Gasteiger partial charge is 0.475 e. The molecule has 1 saturated heterocycles. The van der Waals surface area contributed by atoms with Crippen molar-refractivity contribution in [2.24, 2.45) is 0 Å². The van der Waals surface area contributed by atoms with E-state index in [0.717, 1.165) is 19.4 Å². The van der Waals surface area contributed by atoms with Crippen LogP contribution in [-0.2, 0) is 6.54 Å². The fourth-order valence-corrected chi connectivity index (χ4v) is 2.89. The molecule has 0 bridgehead atoms. The van der Waals surface area contributed by atoms with Crippen LogP contribution in [0.25, 0.3) is 0 Å². The van der Waals surface area contributed by atoms with Crippen LogP contribution in [-0.4, -0.2) is 39.8 Å². The monoisotopic (exact) mass is 269 g/mol. The standard InChI is InChI=1S/C12H16ClN3O2/c1-8-4-2-3-5-15(8)11(17)10-9(13)12-16(14-10)6-7-18-12/h8H,2-7H2,1H3. The fraction of sp³-hybridized carbons (Fsp3) is 0.667. The van der Waals surface area contributed by atoms with E-state index in [1.165, 1.54) is 6.42 Å². The lowest BCUT2D eigenvalue weighted by Crippen LogP contribution is -2.42. The third-order valence-electron chi connectivity index (χ3n) is 3.66. The Hall–Kier alpha value is -1.23. The van der Waals surface area contributed by atoms with E-state index in [0.29, 0.717) is 29.7 Å². The van der Waals surface area contributed by atoms with Gasteiger partial charge in [-0.15, -0.1) is 0 Å². The van der Waals surface area contributed by atoms with Crippen LogP contribution in [0.4, 0.5) is 0 Å². The molecule has 0 saturated carbocycles. The van der Waals surface area contributed by atoms with Crippen molar-refractivity contribution in [1.82, 2.24) is 14.7 Å². The molecule has 2 aliphatic heterocycles. The van der Waals surface area contributed by atoms with E-state index in [-0.39, 0.29) is 11.9 Å². The molecule has 1 amide bonds. The van der Waals surface area contributed by atoms with Gasteiger partial charge in [0.25, 0.3) is 5.91 Å². The van der Waals surface area contributed by atoms with Gasteiger partial charge >= 0.3 is 0 Å². The van der Waals surface area contributed by atoms with Crippen LogP contribution in [0.1, 0.15) is 36.7 Å². The van der Waals surface area contributed by atoms with Crippen molar-refractivity contribution in [2.75, 3.05) is 13.2 Å². The summed E-state index contributed by atoms with van der Waals surface area (Å²) in [5, 5.41) is 4.63. The molecule has 0 spiro atoms. The minimum Gasteiger partial charge on any atom is -0.475 e. The molecule has 1 aromatic heterocycles. The third-order valence-corrected chi connectivity index (χ3v) is 4.00. The van der Waals surface area contributed by atoms with E-state index < -0.39 is 0 Å². The van der Waals surface area contributed by atoms with Gasteiger partial charge in [0.05, 0.1) is 6.54 Å². The highest BCUT2D eigenvalue weighted by Crippen LogP contribution is 2.32. The topological polar surface area (TPSA) is 47.4 Å². The number of carbonyl (C=O) groups excluding carboxylic acids is 1. The number of fused-ring (bicyclic) bond motifs is 1. The number of aromatic nitrogens is 2. The summed E-state index contributed by atoms with van der Waals surface area (Å²) < 4.78 is 7.04. The van der Waals surface area contributed by atoms with Crippen molar-refractivity contribution in [2.45, 2.75) is 38.8 Å². The number of rotatable bonds is 1. The molecule has 1 fully saturated rings. The van der Waals surface area contributed by atoms with Gasteiger partial charge in [-0.3, -0.25) is 4.79 Å². The van der Waals surface area contributed by atoms with Crippen molar-refractivity contribution >= 4 is 17.5 Å². The zero-order valence-corrected chi connectivity index (χ0v) is 11.1. The highest BCUT2D eigenvalue weighted by atomic mass is 35.5. The Balaban J connectivity index is 1.88. The van der Waals surface area contributed by atoms with E-state index in [2.05, 4.69) is 12.0 Å². The Bertz CT molecular complexity index is 486. The van der Waals surface area contributed by atoms with Gasteiger partial charge in [0, 0.05) is 12.6 Å². The maximum atomic E-state index is 12.4. The van der Waals surface area contributed by atoms with Crippen LogP contribution >= 0.6 is 11.6 Å². The molecule has 3 rings (SSSR count). The van der Waals surface area contributed by atoms with Gasteiger partial charge in [-0.2, -0.15) is 5.10 Å². The van der Waals surface area contributed by atoms with Crippen molar-refractivity contribution in [1.29, 1.82) is 0 Å². The second-order valence-corrected chi connectivity index (χ2v) is 5.26. The predicted molar refractivity (Wildman–Crippen MR) is 67.1 cm³/mol. The fourth-order valence-electron chi connectivity index (χ4n) is 2.62. The molecular formula is C12H16ClN3O2. The maximum absolute atomic E-state index is 12.4. The average molecular weight is 270 g/mol. The van der Waals surface area contributed by atoms with Crippen LogP contribution in [0.15, 0.2) is 0 Å². The highest BCUT2D eigenvalue weighted by Gasteiger charge is 2.31. The summed E-state index contributed by atoms with van der Waals surface area (Å²) in [6, 6.07) is 0.264. The number of carbonyl (C=O) groups is 1. The van der Waals surface area contributed by atoms with E-state index in [1.807, 2.05) is 4.90 Å². The number of hydrogen-bond acceptors (Lipinski definition) is 3. The number of ether oxygens (including phenoxy) is 1. The van der Waals surface area contributed by atoms with Crippen LogP contribution in [0.2, 0.25) is 5.02 Å². The predicted octanol–water partition coefficient (Wildman–Crippen LogP) is 1.94. The quantitative estimate of drug-likeness (QED) is 0.783. The molecule has 5 nitrogen and oxygen atoms in total. The number of piperidine rings is 1. The van der Waals surface area contributed by atoms with Gasteiger partial charge in [0.1, 0.15) is 11.6 Å². The lowest BCUT2D eigenvalue weighted by Gasteiger charge is -2.32. The van der Waals surface area contributed by atoms with Gasteiger partial charge in [-0.1, -0.05) is 11.6 Å². The van der Waals surface area contributed by atoms with E-state index >= 15 is 0 Å². The lowest BCUT2D eigenvalue weighted by molar-refractivity contribution is 0.0628. The number of amides is 1. The molecule has 3 heterocycles. The Morgan fingerprint density at radius 2 is 2.28 bits per heavy atom. The Labute approximate surface area is 111 Å². The van der Waals surface area contributed by atoms with Crippen molar-refractivity contribution in [3.05, 3.63) is 10.7 Å². The summed E-state index contributed by atoms with van der Waals surface area (Å²) in [6.07, 6.45) is 3.28. The summed E-state index contributed by atoms with van der Waals surface area (Å²) in [4.78, 5) is 14.3. The van der Waals surface area contributed by atoms with Crippen LogP contribution in [0.3, 0.4) is 0 Å². The summed E-state index contributed by atoms with van der Waals surface area (Å²) >= 11 is 6.18. The van der Waals surface area contributed by atoms with Gasteiger partial charge in [-0.25, -0.2) is 4.68 Å². The summed E-state index contributed by atoms with van der Waals surface area (Å²) in [5.41, 5.74) is 0.333. The van der Waals surface area contributed by atoms with Gasteiger partial charge < -0.3 is 9.64 Å². The minimum atomic E-state index is -0.0716. The first-order valence-electron chi connectivity index (χ1n) is 6.38. The normalized spacial score (nSPS) is 22.8. The summed E-state index contributed by atoms with van der Waals surface area (Å²) in [7, 11) is 0. The van der Waals surface area contributed by atoms with Crippen LogP contribution in [0.5, 0.6) is 5.88 Å². The van der Waals surface area contributed by atoms with Crippen LogP contribution < -0.4 is 4.74 Å². The number of likely N-dealkylation sites (tertiary alicyclic amines) is 1. The lowest BCUT2D eigenvalue weighted by atomic mass is 10.0. The molecular weight excluding hydrogens is 254 g/mol. The average Bonchev–Trinajstić information content (AvgIpc) is 2.93. The SMILES string of the molecule is CC1CCCCN1C(=O)c1nn2c(c1Cl)OCC2. The zero-order chi connectivity index (χ0) is 12.7. The van der Waals surface area contributed by atoms with Gasteiger partial charge in [-0.05, 0) is 26.2 Å². The number of halogens is 1. The number of hydrogen-bond donors (Lipinski definition) is 0. The first-order valence-corrected chi connectivity index (χ1v) is 6.76. The molecule has 18 heavy (non-hydrogen) atoms. The number of nitrogens with zero attached hydrogens (tertiary/aromatic N) is 3.